The Bertz CT molecular complexity index is 772. The fraction of sp³-hybridized carbons (Fsp3) is 0.278. The van der Waals surface area contributed by atoms with Crippen LogP contribution in [0.1, 0.15) is 33.1 Å². The SMILES string of the molecule is COc1cc2c(cc1F)CCN1C(=O)c3ccccc3C[C@@H]21. The summed E-state index contributed by atoms with van der Waals surface area (Å²) in [6, 6.07) is 11.0. The summed E-state index contributed by atoms with van der Waals surface area (Å²) in [5.41, 5.74) is 3.83. The van der Waals surface area contributed by atoms with Crippen LogP contribution in [-0.4, -0.2) is 24.5 Å². The predicted octanol–water partition coefficient (Wildman–Crippen LogP) is 3.13. The van der Waals surface area contributed by atoms with Crippen molar-refractivity contribution in [2.75, 3.05) is 13.7 Å². The van der Waals surface area contributed by atoms with Crippen molar-refractivity contribution < 1.29 is 13.9 Å². The zero-order chi connectivity index (χ0) is 15.3. The average molecular weight is 297 g/mol. The minimum absolute atomic E-state index is 0.0272. The first-order chi connectivity index (χ1) is 10.7. The Hall–Kier alpha value is -2.36. The minimum atomic E-state index is -0.336. The highest BCUT2D eigenvalue weighted by Gasteiger charge is 2.37. The number of ether oxygens (including phenoxy) is 1. The summed E-state index contributed by atoms with van der Waals surface area (Å²) in [6.07, 6.45) is 1.45. The highest BCUT2D eigenvalue weighted by molar-refractivity contribution is 5.97. The molecule has 0 aromatic heterocycles. The largest absolute Gasteiger partial charge is 0.494 e. The van der Waals surface area contributed by atoms with Crippen molar-refractivity contribution in [1.82, 2.24) is 4.90 Å². The van der Waals surface area contributed by atoms with Crippen LogP contribution in [0.3, 0.4) is 0 Å². The van der Waals surface area contributed by atoms with Crippen LogP contribution in [-0.2, 0) is 12.8 Å². The number of rotatable bonds is 1. The monoisotopic (exact) mass is 297 g/mol. The Labute approximate surface area is 128 Å². The fourth-order valence-electron chi connectivity index (χ4n) is 3.59. The van der Waals surface area contributed by atoms with Crippen molar-refractivity contribution in [3.8, 4) is 5.75 Å². The van der Waals surface area contributed by atoms with Gasteiger partial charge < -0.3 is 9.64 Å². The molecule has 4 rings (SSSR count). The van der Waals surface area contributed by atoms with Gasteiger partial charge >= 0.3 is 0 Å². The number of benzene rings is 2. The number of methoxy groups -OCH3 is 1. The second-order valence-electron chi connectivity index (χ2n) is 5.81. The van der Waals surface area contributed by atoms with Crippen molar-refractivity contribution in [2.24, 2.45) is 0 Å². The Kier molecular flexibility index (Phi) is 2.93. The van der Waals surface area contributed by atoms with E-state index in [0.29, 0.717) is 13.0 Å². The molecule has 2 aliphatic rings. The molecule has 1 amide bonds. The molecule has 0 bridgehead atoms. The maximum absolute atomic E-state index is 13.9. The van der Waals surface area contributed by atoms with Crippen molar-refractivity contribution in [3.05, 3.63) is 64.5 Å². The molecule has 2 heterocycles. The van der Waals surface area contributed by atoms with Crippen molar-refractivity contribution in [2.45, 2.75) is 18.9 Å². The van der Waals surface area contributed by atoms with Gasteiger partial charge in [0.15, 0.2) is 11.6 Å². The van der Waals surface area contributed by atoms with E-state index in [1.807, 2.05) is 29.2 Å². The van der Waals surface area contributed by atoms with Crippen LogP contribution in [0.4, 0.5) is 4.39 Å². The normalized spacial score (nSPS) is 19.3. The minimum Gasteiger partial charge on any atom is -0.494 e. The smallest absolute Gasteiger partial charge is 0.254 e. The highest BCUT2D eigenvalue weighted by atomic mass is 19.1. The summed E-state index contributed by atoms with van der Waals surface area (Å²) in [6.45, 7) is 0.636. The third kappa shape index (κ3) is 1.83. The third-order valence-corrected chi connectivity index (χ3v) is 4.69. The standard InChI is InChI=1S/C18H16FNO2/c1-22-17-10-14-12(8-15(17)19)6-7-20-16(14)9-11-4-2-3-5-13(11)18(20)21/h2-5,8,10,16H,6-7,9H2,1H3/t16-/m0/s1. The van der Waals surface area contributed by atoms with Crippen LogP contribution in [0.15, 0.2) is 36.4 Å². The summed E-state index contributed by atoms with van der Waals surface area (Å²) in [5, 5.41) is 0. The van der Waals surface area contributed by atoms with Crippen LogP contribution in [0.25, 0.3) is 0 Å². The number of fused-ring (bicyclic) bond motifs is 4. The quantitative estimate of drug-likeness (QED) is 0.809. The second kappa shape index (κ2) is 4.83. The van der Waals surface area contributed by atoms with Crippen LogP contribution < -0.4 is 4.74 Å². The van der Waals surface area contributed by atoms with Gasteiger partial charge in [-0.05, 0) is 47.7 Å². The molecule has 0 radical (unpaired) electrons. The topological polar surface area (TPSA) is 29.5 Å². The van der Waals surface area contributed by atoms with E-state index in [1.54, 1.807) is 12.1 Å². The maximum Gasteiger partial charge on any atom is 0.254 e. The number of carbonyl (C=O) groups is 1. The third-order valence-electron chi connectivity index (χ3n) is 4.69. The highest BCUT2D eigenvalue weighted by Crippen LogP contribution is 2.39. The van der Waals surface area contributed by atoms with E-state index < -0.39 is 0 Å². The first-order valence-electron chi connectivity index (χ1n) is 7.44. The lowest BCUT2D eigenvalue weighted by Crippen LogP contribution is -2.44. The summed E-state index contributed by atoms with van der Waals surface area (Å²) in [4.78, 5) is 14.6. The first-order valence-corrected chi connectivity index (χ1v) is 7.44. The summed E-state index contributed by atoms with van der Waals surface area (Å²) >= 11 is 0. The van der Waals surface area contributed by atoms with E-state index in [1.165, 1.54) is 7.11 Å². The van der Waals surface area contributed by atoms with E-state index in [-0.39, 0.29) is 23.5 Å². The van der Waals surface area contributed by atoms with Gasteiger partial charge in [0.2, 0.25) is 0 Å². The van der Waals surface area contributed by atoms with Gasteiger partial charge in [-0.1, -0.05) is 18.2 Å². The lowest BCUT2D eigenvalue weighted by atomic mass is 9.83. The van der Waals surface area contributed by atoms with E-state index >= 15 is 0 Å². The summed E-state index contributed by atoms with van der Waals surface area (Å²) in [7, 11) is 1.47. The van der Waals surface area contributed by atoms with Gasteiger partial charge in [-0.15, -0.1) is 0 Å². The molecular formula is C18H16FNO2. The van der Waals surface area contributed by atoms with E-state index in [9.17, 15) is 9.18 Å². The Morgan fingerprint density at radius 3 is 2.86 bits per heavy atom. The second-order valence-corrected chi connectivity index (χ2v) is 5.81. The van der Waals surface area contributed by atoms with Crippen molar-refractivity contribution in [3.63, 3.8) is 0 Å². The Balaban J connectivity index is 1.84. The molecule has 2 aliphatic heterocycles. The summed E-state index contributed by atoms with van der Waals surface area (Å²) < 4.78 is 19.0. The number of hydrogen-bond donors (Lipinski definition) is 0. The molecule has 0 aliphatic carbocycles. The number of halogens is 1. The number of nitrogens with zero attached hydrogens (tertiary/aromatic N) is 1. The molecule has 0 saturated heterocycles. The van der Waals surface area contributed by atoms with E-state index in [4.69, 9.17) is 4.74 Å². The zero-order valence-corrected chi connectivity index (χ0v) is 12.3. The molecular weight excluding hydrogens is 281 g/mol. The predicted molar refractivity (Wildman–Crippen MR) is 80.6 cm³/mol. The molecule has 0 unspecified atom stereocenters. The molecule has 2 aromatic rings. The molecule has 4 heteroatoms. The molecule has 0 fully saturated rings. The molecule has 0 spiro atoms. The van der Waals surface area contributed by atoms with Gasteiger partial charge in [0.25, 0.3) is 5.91 Å². The number of carbonyl (C=O) groups excluding carboxylic acids is 1. The van der Waals surface area contributed by atoms with Crippen LogP contribution >= 0.6 is 0 Å². The fourth-order valence-corrected chi connectivity index (χ4v) is 3.59. The van der Waals surface area contributed by atoms with Gasteiger partial charge in [0, 0.05) is 12.1 Å². The lowest BCUT2D eigenvalue weighted by molar-refractivity contribution is 0.0631. The Morgan fingerprint density at radius 2 is 2.05 bits per heavy atom. The van der Waals surface area contributed by atoms with E-state index in [2.05, 4.69) is 0 Å². The Morgan fingerprint density at radius 1 is 1.23 bits per heavy atom. The van der Waals surface area contributed by atoms with Crippen LogP contribution in [0, 0.1) is 5.82 Å². The van der Waals surface area contributed by atoms with E-state index in [0.717, 1.165) is 28.7 Å². The molecule has 112 valence electrons. The van der Waals surface area contributed by atoms with Gasteiger partial charge in [-0.25, -0.2) is 4.39 Å². The molecule has 1 atom stereocenters. The zero-order valence-electron chi connectivity index (χ0n) is 12.3. The first kappa shape index (κ1) is 13.3. The van der Waals surface area contributed by atoms with Gasteiger partial charge in [0.1, 0.15) is 0 Å². The summed E-state index contributed by atoms with van der Waals surface area (Å²) in [5.74, 6) is -0.0232. The molecule has 0 saturated carbocycles. The van der Waals surface area contributed by atoms with Gasteiger partial charge in [-0.3, -0.25) is 4.79 Å². The molecule has 22 heavy (non-hydrogen) atoms. The van der Waals surface area contributed by atoms with Crippen LogP contribution in [0.5, 0.6) is 5.75 Å². The number of amides is 1. The molecule has 2 aromatic carbocycles. The molecule has 0 N–H and O–H groups in total. The number of hydrogen-bond acceptors (Lipinski definition) is 2. The average Bonchev–Trinajstić information content (AvgIpc) is 2.54. The maximum atomic E-state index is 13.9. The molecule has 3 nitrogen and oxygen atoms in total. The van der Waals surface area contributed by atoms with Gasteiger partial charge in [-0.2, -0.15) is 0 Å². The van der Waals surface area contributed by atoms with Gasteiger partial charge in [0.05, 0.1) is 13.2 Å². The van der Waals surface area contributed by atoms with Crippen LogP contribution in [0.2, 0.25) is 0 Å². The van der Waals surface area contributed by atoms with Crippen molar-refractivity contribution in [1.29, 1.82) is 0 Å². The van der Waals surface area contributed by atoms with Crippen molar-refractivity contribution >= 4 is 5.91 Å². The lowest BCUT2D eigenvalue weighted by Gasteiger charge is -2.41.